The SMILES string of the molecule is C.C.[2H]c1c([2H])c(N(c2cc(-c3ccccc3)cc(-c3cccc4c3oc3ccccc34)c2)c2ccc(-c3ccccc3)c3ccccc23)c([2H])c([2H])c1-c1ccccc1.[2H]c1c([2H])c([2H])c2c(N(c3ccc(C=C)cc3)c3c(-c4cccc5c4oc4cc(C=C)ccc45)c4ccccc4c4ccccc34)c([2H])c([2H])c([2H])c2c1[2H].[2H]c1c([2H])c([2H])c2c([2H])c(N(c3ccc(-c4c([2H])c([2H])c([2H])c5c([2H])c([2H])c([2H])c([2H])c45)cc3)c3cccc(-c4cccc5c4oc4ccccc45)c3)c([2H])c([2H])c2c1[2H]. The third kappa shape index (κ3) is 17.1. The van der Waals surface area contributed by atoms with E-state index in [1.165, 1.54) is 4.90 Å². The molecule has 712 valence electrons. The van der Waals surface area contributed by atoms with Gasteiger partial charge in [-0.25, -0.2) is 0 Å². The van der Waals surface area contributed by atoms with Crippen molar-refractivity contribution in [3.63, 3.8) is 0 Å². The average molecular weight is 1950 g/mol. The Morgan fingerprint density at radius 2 is 0.653 bits per heavy atom. The average Bonchev–Trinajstić information content (AvgIpc) is 1.64. The number of rotatable bonds is 18. The zero-order chi connectivity index (χ0) is 120. The van der Waals surface area contributed by atoms with Crippen molar-refractivity contribution in [1.82, 2.24) is 0 Å². The van der Waals surface area contributed by atoms with E-state index in [-0.39, 0.29) is 111 Å². The molecule has 0 atom stereocenters. The zero-order valence-electron chi connectivity index (χ0n) is 104. The van der Waals surface area contributed by atoms with Crippen molar-refractivity contribution in [2.45, 2.75) is 14.9 Å². The highest BCUT2D eigenvalue weighted by Gasteiger charge is 2.30. The Morgan fingerprint density at radius 1 is 0.200 bits per heavy atom. The first kappa shape index (κ1) is 68.6. The third-order valence-corrected chi connectivity index (χ3v) is 27.2. The summed E-state index contributed by atoms with van der Waals surface area (Å²) in [4.78, 5) is 5.28. The summed E-state index contributed by atoms with van der Waals surface area (Å²) in [7, 11) is 0. The molecule has 150 heavy (non-hydrogen) atoms. The van der Waals surface area contributed by atoms with Crippen LogP contribution in [0.4, 0.5) is 51.2 Å². The summed E-state index contributed by atoms with van der Waals surface area (Å²) >= 11 is 0. The van der Waals surface area contributed by atoms with Crippen molar-refractivity contribution in [1.29, 1.82) is 0 Å². The number of furan rings is 3. The van der Waals surface area contributed by atoms with E-state index >= 15 is 0 Å². The molecule has 0 radical (unpaired) electrons. The quantitative estimate of drug-likeness (QED) is 0.0798. The Labute approximate surface area is 907 Å². The molecule has 0 saturated heterocycles. The molecule has 3 aromatic heterocycles. The largest absolute Gasteiger partial charge is 0.455 e. The molecule has 3 heterocycles. The molecule has 0 saturated carbocycles. The van der Waals surface area contributed by atoms with Crippen molar-refractivity contribution in [3.05, 3.63) is 564 Å². The van der Waals surface area contributed by atoms with Crippen LogP contribution in [-0.4, -0.2) is 0 Å². The topological polar surface area (TPSA) is 49.1 Å². The van der Waals surface area contributed by atoms with Crippen LogP contribution >= 0.6 is 0 Å². The Bertz CT molecular complexity index is 11600. The van der Waals surface area contributed by atoms with E-state index in [1.807, 2.05) is 277 Å². The van der Waals surface area contributed by atoms with Crippen LogP contribution in [0.25, 0.3) is 220 Å². The lowest BCUT2D eigenvalue weighted by atomic mass is 9.89. The Kier molecular flexibility index (Phi) is 18.4. The standard InChI is InChI=1S/C52H35NO.C46H31NO.C44H29NO.2CH4/c1-4-15-36(16-5-1)38-27-29-42(30-28-38)53(50-32-31-44(39-19-8-3-9-20-39)46-21-10-11-22-47(46)50)43-34-40(37-17-6-2-7-18-37)33-41(35-43)45-24-14-25-49-48-23-12-13-26-51(48)54-52(45)49;1-3-30-23-26-33(27-24-30)47(42-22-11-14-32-13-5-6-15-34(32)42)45-39-19-10-8-17-36(39)35-16-7-9-18-38(35)44(45)41-21-12-20-40-37-28-25-31(4-2)29-43(37)48-46(40)41;1-2-12-33-28-37(27-22-30(33)10-1)45(35-25-23-32(24-26-35)39-18-8-13-31-11-3-4-16-38(31)39)36-15-7-14-34(29-36)40-19-9-20-42-41-17-5-6-21-43(41)46-44(40)42;;/h1-35H;3-29H,1-2H2;1-29H;2*1H4/i27D,28D,29D,30D;5D,6D,11D,13D,14D,15D,22D;1D,2D,3D,4D,8D,10D,11D,12D,13D,16D,18D,22D,27D,28D;;. The van der Waals surface area contributed by atoms with E-state index in [4.69, 9.17) is 36.6 Å². The summed E-state index contributed by atoms with van der Waals surface area (Å²) in [6.45, 7) is 7.88. The maximum atomic E-state index is 9.69. The van der Waals surface area contributed by atoms with E-state index in [2.05, 4.69) is 98.1 Å². The van der Waals surface area contributed by atoms with Crippen molar-refractivity contribution in [2.24, 2.45) is 0 Å². The zero-order valence-corrected chi connectivity index (χ0v) is 79.1. The molecule has 0 bridgehead atoms. The number of hydrogen-bond donors (Lipinski definition) is 0. The molecular weight excluding hydrogens is 1820 g/mol. The van der Waals surface area contributed by atoms with Crippen molar-refractivity contribution >= 4 is 194 Å². The van der Waals surface area contributed by atoms with Crippen LogP contribution in [0.5, 0.6) is 0 Å². The molecule has 0 amide bonds. The molecule has 0 spiro atoms. The van der Waals surface area contributed by atoms with Gasteiger partial charge in [-0.05, 0) is 230 Å². The normalized spacial score (nSPS) is 13.6. The molecule has 0 aliphatic heterocycles. The molecule has 0 N–H and O–H groups in total. The minimum Gasteiger partial charge on any atom is -0.455 e. The van der Waals surface area contributed by atoms with Crippen molar-refractivity contribution in [3.8, 4) is 77.9 Å². The van der Waals surface area contributed by atoms with Crippen molar-refractivity contribution < 1.29 is 47.5 Å². The predicted molar refractivity (Wildman–Crippen MR) is 642 cm³/mol. The minimum absolute atomic E-state index is 0. The summed E-state index contributed by atoms with van der Waals surface area (Å²) in [6.07, 6.45) is 3.50. The highest BCUT2D eigenvalue weighted by molar-refractivity contribution is 6.26. The van der Waals surface area contributed by atoms with E-state index in [0.717, 1.165) is 143 Å². The van der Waals surface area contributed by atoms with E-state index in [1.54, 1.807) is 48.6 Å². The van der Waals surface area contributed by atoms with Gasteiger partial charge < -0.3 is 28.0 Å². The number of fused-ring (bicyclic) bond motifs is 16. The number of benzene rings is 25. The second kappa shape index (κ2) is 40.2. The molecular formula is C144H103N3O3. The van der Waals surface area contributed by atoms with Gasteiger partial charge in [0.25, 0.3) is 0 Å². The second-order valence-electron chi connectivity index (χ2n) is 35.7. The lowest BCUT2D eigenvalue weighted by Gasteiger charge is -2.31. The number of nitrogens with zero attached hydrogens (tertiary/aromatic N) is 3. The van der Waals surface area contributed by atoms with Crippen LogP contribution < -0.4 is 14.7 Å². The monoisotopic (exact) mass is 1950 g/mol. The summed E-state index contributed by atoms with van der Waals surface area (Å²) in [5.74, 6) is 0. The van der Waals surface area contributed by atoms with Crippen molar-refractivity contribution in [2.75, 3.05) is 14.7 Å². The van der Waals surface area contributed by atoms with Gasteiger partial charge in [-0.2, -0.15) is 0 Å². The molecule has 28 aromatic rings. The minimum atomic E-state index is -0.593. The van der Waals surface area contributed by atoms with E-state index < -0.39 is 121 Å². The van der Waals surface area contributed by atoms with Crippen LogP contribution in [0, 0.1) is 0 Å². The smallest absolute Gasteiger partial charge is 0.143 e. The fraction of sp³-hybridized carbons (Fsp3) is 0.0139. The van der Waals surface area contributed by atoms with Gasteiger partial charge in [0.2, 0.25) is 0 Å². The van der Waals surface area contributed by atoms with Gasteiger partial charge in [-0.3, -0.25) is 0 Å². The second-order valence-corrected chi connectivity index (χ2v) is 35.7. The highest BCUT2D eigenvalue weighted by Crippen LogP contribution is 2.55. The van der Waals surface area contributed by atoms with E-state index in [9.17, 15) is 11.0 Å². The van der Waals surface area contributed by atoms with Crippen LogP contribution in [0.1, 0.15) is 60.2 Å². The fourth-order valence-electron chi connectivity index (χ4n) is 20.3. The highest BCUT2D eigenvalue weighted by atomic mass is 16.3. The molecule has 28 rings (SSSR count). The van der Waals surface area contributed by atoms with Gasteiger partial charge >= 0.3 is 0 Å². The molecule has 0 unspecified atom stereocenters. The summed E-state index contributed by atoms with van der Waals surface area (Å²) in [5, 5.41) is 10.2. The molecule has 6 heteroatoms. The van der Waals surface area contributed by atoms with Crippen LogP contribution in [0.2, 0.25) is 0 Å². The maximum absolute atomic E-state index is 9.69. The Balaban J connectivity index is 0.000000134. The number of anilines is 9. The van der Waals surface area contributed by atoms with Crippen LogP contribution in [0.15, 0.2) is 566 Å². The van der Waals surface area contributed by atoms with Gasteiger partial charge in [0.1, 0.15) is 33.5 Å². The van der Waals surface area contributed by atoms with Crippen LogP contribution in [-0.2, 0) is 0 Å². The van der Waals surface area contributed by atoms with Gasteiger partial charge in [-0.1, -0.05) is 464 Å². The third-order valence-electron chi connectivity index (χ3n) is 27.2. The number of hydrogen-bond acceptors (Lipinski definition) is 6. The molecule has 0 aliphatic rings. The molecule has 0 fully saturated rings. The molecule has 6 nitrogen and oxygen atoms in total. The van der Waals surface area contributed by atoms with Gasteiger partial charge in [0.05, 0.1) is 51.3 Å². The lowest BCUT2D eigenvalue weighted by Crippen LogP contribution is -2.13. The first-order valence-electron chi connectivity index (χ1n) is 60.8. The number of para-hydroxylation sites is 5. The van der Waals surface area contributed by atoms with E-state index in [0.29, 0.717) is 61.9 Å². The van der Waals surface area contributed by atoms with Crippen LogP contribution in [0.3, 0.4) is 0 Å². The van der Waals surface area contributed by atoms with Gasteiger partial charge in [0.15, 0.2) is 0 Å². The predicted octanol–water partition coefficient (Wildman–Crippen LogP) is 42.3. The molecule has 0 aliphatic carbocycles. The first-order valence-corrected chi connectivity index (χ1v) is 48.3. The molecule has 25 aromatic carbocycles. The lowest BCUT2D eigenvalue weighted by molar-refractivity contribution is 0.669. The van der Waals surface area contributed by atoms with Gasteiger partial charge in [0, 0.05) is 105 Å². The first-order chi connectivity index (χ1) is 83.7. The summed E-state index contributed by atoms with van der Waals surface area (Å²) < 4.78 is 242. The Hall–Kier alpha value is -19.7. The maximum Gasteiger partial charge on any atom is 0.143 e. The fourth-order valence-corrected chi connectivity index (χ4v) is 20.3. The Morgan fingerprint density at radius 3 is 1.31 bits per heavy atom. The van der Waals surface area contributed by atoms with Gasteiger partial charge in [-0.15, -0.1) is 0 Å². The summed E-state index contributed by atoms with van der Waals surface area (Å²) in [6, 6.07) is 114. The summed E-state index contributed by atoms with van der Waals surface area (Å²) in [5.41, 5.74) is 19.3.